The number of amides is 2. The van der Waals surface area contributed by atoms with E-state index in [2.05, 4.69) is 26.1 Å². The Morgan fingerprint density at radius 2 is 1.68 bits per heavy atom. The molecule has 188 valence electrons. The van der Waals surface area contributed by atoms with E-state index in [-0.39, 0.29) is 33.1 Å². The first-order valence-corrected chi connectivity index (χ1v) is 12.0. The second-order valence-corrected chi connectivity index (χ2v) is 10.1. The minimum atomic E-state index is -0.729. The predicted octanol–water partition coefficient (Wildman–Crippen LogP) is 6.17. The Balaban J connectivity index is 1.74. The molecule has 1 N–H and O–H groups in total. The molecule has 4 rings (SSSR count). The summed E-state index contributed by atoms with van der Waals surface area (Å²) < 4.78 is 6.01. The van der Waals surface area contributed by atoms with E-state index in [1.54, 1.807) is 36.4 Å². The van der Waals surface area contributed by atoms with Crippen LogP contribution in [0.4, 0.5) is 11.4 Å². The summed E-state index contributed by atoms with van der Waals surface area (Å²) in [7, 11) is 0. The third-order valence-corrected chi connectivity index (χ3v) is 6.18. The van der Waals surface area contributed by atoms with Crippen molar-refractivity contribution < 1.29 is 19.2 Å². The van der Waals surface area contributed by atoms with Crippen LogP contribution in [0.5, 0.6) is 11.5 Å². The first kappa shape index (κ1) is 26.0. The van der Waals surface area contributed by atoms with Crippen LogP contribution in [0.3, 0.4) is 0 Å². The van der Waals surface area contributed by atoms with Gasteiger partial charge in [0.15, 0.2) is 5.11 Å². The maximum atomic E-state index is 13.4. The Morgan fingerprint density at radius 3 is 2.27 bits per heavy atom. The van der Waals surface area contributed by atoms with Gasteiger partial charge >= 0.3 is 0 Å². The predicted molar refractivity (Wildman–Crippen MR) is 146 cm³/mol. The number of non-ortho nitro benzene ring substituents is 1. The van der Waals surface area contributed by atoms with Crippen LogP contribution in [0.2, 0.25) is 5.02 Å². The Hall–Kier alpha value is -4.08. The Bertz CT molecular complexity index is 1440. The average molecular weight is 536 g/mol. The number of anilines is 1. The third kappa shape index (κ3) is 5.68. The lowest BCUT2D eigenvalue weighted by molar-refractivity contribution is -0.384. The number of thiocarbonyl (C=S) groups is 1. The second kappa shape index (κ2) is 10.1. The van der Waals surface area contributed by atoms with Crippen molar-refractivity contribution in [2.75, 3.05) is 4.90 Å². The molecule has 1 aliphatic heterocycles. The summed E-state index contributed by atoms with van der Waals surface area (Å²) in [5, 5.41) is 14.3. The first-order valence-electron chi connectivity index (χ1n) is 11.2. The van der Waals surface area contributed by atoms with Gasteiger partial charge in [-0.2, -0.15) is 0 Å². The van der Waals surface area contributed by atoms with E-state index in [9.17, 15) is 19.7 Å². The molecule has 0 unspecified atom stereocenters. The molecule has 2 amide bonds. The number of nitro benzene ring substituents is 1. The van der Waals surface area contributed by atoms with Gasteiger partial charge in [0.25, 0.3) is 17.5 Å². The van der Waals surface area contributed by atoms with E-state index in [0.717, 1.165) is 10.5 Å². The van der Waals surface area contributed by atoms with Crippen LogP contribution in [0.15, 0.2) is 72.3 Å². The fraction of sp³-hybridized carbons (Fsp3) is 0.148. The van der Waals surface area contributed by atoms with E-state index in [0.29, 0.717) is 16.5 Å². The number of ether oxygens (including phenoxy) is 1. The van der Waals surface area contributed by atoms with E-state index < -0.39 is 16.7 Å². The quantitative estimate of drug-likeness (QED) is 0.138. The van der Waals surface area contributed by atoms with Gasteiger partial charge in [-0.15, -0.1) is 0 Å². The zero-order chi connectivity index (χ0) is 26.9. The maximum absolute atomic E-state index is 13.4. The number of halogens is 1. The molecule has 1 fully saturated rings. The molecule has 8 nitrogen and oxygen atoms in total. The third-order valence-electron chi connectivity index (χ3n) is 5.64. The van der Waals surface area contributed by atoms with E-state index in [1.165, 1.54) is 24.3 Å². The van der Waals surface area contributed by atoms with Gasteiger partial charge in [-0.3, -0.25) is 29.9 Å². The Morgan fingerprint density at radius 1 is 1.03 bits per heavy atom. The summed E-state index contributed by atoms with van der Waals surface area (Å²) in [6.45, 7) is 6.28. The molecule has 0 aromatic heterocycles. The molecule has 37 heavy (non-hydrogen) atoms. The number of nitrogens with one attached hydrogen (secondary N) is 1. The highest BCUT2D eigenvalue weighted by Crippen LogP contribution is 2.33. The topological polar surface area (TPSA) is 102 Å². The molecular formula is C27H22ClN3O5S. The normalized spacial score (nSPS) is 15.1. The van der Waals surface area contributed by atoms with Crippen molar-refractivity contribution in [1.29, 1.82) is 0 Å². The standard InChI is InChI=1S/C27H22ClN3O5S/c1-27(2,3)17-4-11-21(12-5-17)36-23-13-10-20(31(34)35)14-16(23)15-22-24(32)29-26(37)30(25(22)33)19-8-6-18(28)7-9-19/h4-15H,1-3H3,(H,29,32,37)/b22-15+. The van der Waals surface area contributed by atoms with Gasteiger partial charge in [-0.05, 0) is 71.7 Å². The van der Waals surface area contributed by atoms with E-state index in [1.807, 2.05) is 12.1 Å². The number of hydrogen-bond acceptors (Lipinski definition) is 6. The summed E-state index contributed by atoms with van der Waals surface area (Å²) in [4.78, 5) is 38.1. The summed E-state index contributed by atoms with van der Waals surface area (Å²) in [6.07, 6.45) is 1.26. The smallest absolute Gasteiger partial charge is 0.270 e. The van der Waals surface area contributed by atoms with Crippen molar-refractivity contribution in [3.05, 3.63) is 98.6 Å². The summed E-state index contributed by atoms with van der Waals surface area (Å²) >= 11 is 11.2. The minimum Gasteiger partial charge on any atom is -0.457 e. The number of nitro groups is 1. The van der Waals surface area contributed by atoms with Gasteiger partial charge in [0.2, 0.25) is 0 Å². The fourth-order valence-electron chi connectivity index (χ4n) is 3.64. The van der Waals surface area contributed by atoms with Gasteiger partial charge < -0.3 is 4.74 Å². The lowest BCUT2D eigenvalue weighted by atomic mass is 9.87. The molecule has 0 aliphatic carbocycles. The van der Waals surface area contributed by atoms with Crippen LogP contribution in [-0.4, -0.2) is 21.9 Å². The van der Waals surface area contributed by atoms with Gasteiger partial charge in [0.1, 0.15) is 17.1 Å². The second-order valence-electron chi connectivity index (χ2n) is 9.29. The van der Waals surface area contributed by atoms with Crippen molar-refractivity contribution in [1.82, 2.24) is 5.32 Å². The van der Waals surface area contributed by atoms with Gasteiger partial charge in [-0.1, -0.05) is 44.5 Å². The zero-order valence-electron chi connectivity index (χ0n) is 20.2. The largest absolute Gasteiger partial charge is 0.457 e. The maximum Gasteiger partial charge on any atom is 0.270 e. The van der Waals surface area contributed by atoms with Gasteiger partial charge in [0.05, 0.1) is 10.6 Å². The molecule has 1 heterocycles. The molecule has 0 bridgehead atoms. The molecule has 10 heteroatoms. The number of carbonyl (C=O) groups is 2. The SMILES string of the molecule is CC(C)(C)c1ccc(Oc2ccc([N+](=O)[O-])cc2/C=C2\C(=O)NC(=S)N(c3ccc(Cl)cc3)C2=O)cc1. The van der Waals surface area contributed by atoms with Gasteiger partial charge in [0, 0.05) is 22.7 Å². The molecule has 3 aromatic rings. The van der Waals surface area contributed by atoms with Crippen molar-refractivity contribution >= 4 is 58.2 Å². The summed E-state index contributed by atoms with van der Waals surface area (Å²) in [5.74, 6) is -0.700. The Labute approximate surface area is 223 Å². The Kier molecular flexibility index (Phi) is 7.11. The molecule has 0 radical (unpaired) electrons. The zero-order valence-corrected chi connectivity index (χ0v) is 21.7. The van der Waals surface area contributed by atoms with Crippen LogP contribution in [-0.2, 0) is 15.0 Å². The highest BCUT2D eigenvalue weighted by molar-refractivity contribution is 7.80. The van der Waals surface area contributed by atoms with Crippen molar-refractivity contribution in [2.24, 2.45) is 0 Å². The molecule has 3 aromatic carbocycles. The van der Waals surface area contributed by atoms with Crippen LogP contribution >= 0.6 is 23.8 Å². The highest BCUT2D eigenvalue weighted by Gasteiger charge is 2.35. The van der Waals surface area contributed by atoms with Crippen LogP contribution in [0.1, 0.15) is 31.9 Å². The van der Waals surface area contributed by atoms with Crippen LogP contribution < -0.4 is 15.0 Å². The lowest BCUT2D eigenvalue weighted by Gasteiger charge is -2.29. The molecule has 0 atom stereocenters. The molecule has 0 spiro atoms. The van der Waals surface area contributed by atoms with E-state index in [4.69, 9.17) is 28.6 Å². The molecular weight excluding hydrogens is 514 g/mol. The highest BCUT2D eigenvalue weighted by atomic mass is 35.5. The number of carbonyl (C=O) groups excluding carboxylic acids is 2. The molecule has 1 saturated heterocycles. The number of hydrogen-bond donors (Lipinski definition) is 1. The van der Waals surface area contributed by atoms with Crippen molar-refractivity contribution in [2.45, 2.75) is 26.2 Å². The molecule has 1 aliphatic rings. The summed E-state index contributed by atoms with van der Waals surface area (Å²) in [6, 6.07) is 17.8. The average Bonchev–Trinajstić information content (AvgIpc) is 2.83. The molecule has 0 saturated carbocycles. The van der Waals surface area contributed by atoms with Crippen molar-refractivity contribution in [3.63, 3.8) is 0 Å². The fourth-order valence-corrected chi connectivity index (χ4v) is 4.05. The number of nitrogens with zero attached hydrogens (tertiary/aromatic N) is 2. The number of benzene rings is 3. The van der Waals surface area contributed by atoms with E-state index >= 15 is 0 Å². The summed E-state index contributed by atoms with van der Waals surface area (Å²) in [5.41, 5.74) is 1.14. The van der Waals surface area contributed by atoms with Crippen molar-refractivity contribution in [3.8, 4) is 11.5 Å². The first-order chi connectivity index (χ1) is 17.4. The number of rotatable bonds is 5. The van der Waals surface area contributed by atoms with Gasteiger partial charge in [-0.25, -0.2) is 0 Å². The minimum absolute atomic E-state index is 0.0489. The monoisotopic (exact) mass is 535 g/mol. The van der Waals surface area contributed by atoms with Crippen LogP contribution in [0.25, 0.3) is 6.08 Å². The lowest BCUT2D eigenvalue weighted by Crippen LogP contribution is -2.54. The van der Waals surface area contributed by atoms with Crippen LogP contribution in [0, 0.1) is 10.1 Å².